The van der Waals surface area contributed by atoms with E-state index in [0.29, 0.717) is 324 Å². The second-order valence-electron chi connectivity index (χ2n) is 21.7. The lowest BCUT2D eigenvalue weighted by Gasteiger charge is -2.12. The van der Waals surface area contributed by atoms with Crippen LogP contribution >= 0.6 is 0 Å². The van der Waals surface area contributed by atoms with E-state index in [4.69, 9.17) is 123 Å². The van der Waals surface area contributed by atoms with Crippen molar-refractivity contribution in [2.75, 3.05) is 344 Å². The largest absolute Gasteiger partial charge is 0.564 e. The molecule has 0 amide bonds. The molecule has 31 nitrogen and oxygen atoms in total. The van der Waals surface area contributed by atoms with Gasteiger partial charge in [0.15, 0.2) is 0 Å². The van der Waals surface area contributed by atoms with Gasteiger partial charge in [-0.15, -0.1) is 4.18 Å². The molecule has 0 aliphatic heterocycles. The summed E-state index contributed by atoms with van der Waals surface area (Å²) in [7, 11) is -4.16. The monoisotopic (exact) mass is 1500 g/mol. The summed E-state index contributed by atoms with van der Waals surface area (Å²) in [5.41, 5.74) is 2.49. The van der Waals surface area contributed by atoms with Gasteiger partial charge in [0.25, 0.3) is 0 Å². The second-order valence-corrected chi connectivity index (χ2v) is 23.0. The highest BCUT2D eigenvalue weighted by Gasteiger charge is 2.32. The van der Waals surface area contributed by atoms with Gasteiger partial charge in [0.2, 0.25) is 0 Å². The Morgan fingerprint density at radius 3 is 0.716 bits per heavy atom. The smallest absolute Gasteiger partial charge is 0.491 e. The lowest BCUT2D eigenvalue weighted by atomic mass is 10.0. The topological polar surface area (TPSA) is 321 Å². The zero-order chi connectivity index (χ0) is 73.0. The number of nitrogens with two attached hydrogens (primary N) is 1. The van der Waals surface area contributed by atoms with Gasteiger partial charge in [0, 0.05) is 9.77 Å². The Kier molecular flexibility index (Phi) is 80.9. The number of rotatable bonds is 90. The van der Waals surface area contributed by atoms with Crippen LogP contribution < -0.4 is 10.6 Å². The van der Waals surface area contributed by atoms with Crippen molar-refractivity contribution < 1.29 is 140 Å². The molecule has 1 unspecified atom stereocenters. The molecule has 102 heavy (non-hydrogen) atoms. The zero-order valence-electron chi connectivity index (χ0n) is 62.0. The van der Waals surface area contributed by atoms with Crippen molar-refractivity contribution in [3.63, 3.8) is 0 Å². The molecule has 2 N–H and O–H groups in total. The summed E-state index contributed by atoms with van der Waals surface area (Å²) >= 11 is 0. The summed E-state index contributed by atoms with van der Waals surface area (Å²) < 4.78 is 174. The lowest BCUT2D eigenvalue weighted by molar-refractivity contribution is -0.0321. The third-order valence-corrected chi connectivity index (χ3v) is 14.2. The van der Waals surface area contributed by atoms with Gasteiger partial charge in [0.1, 0.15) is 23.5 Å². The summed E-state index contributed by atoms with van der Waals surface area (Å²) in [5, 5.41) is 0. The first-order valence-corrected chi connectivity index (χ1v) is 37.9. The number of benzene rings is 1. The van der Waals surface area contributed by atoms with Crippen LogP contribution in [0.15, 0.2) is 24.3 Å². The average Bonchev–Trinajstić information content (AvgIpc) is 0.870. The highest BCUT2D eigenvalue weighted by atomic mass is 32.3. The van der Waals surface area contributed by atoms with E-state index < -0.39 is 10.8 Å². The molecule has 0 fully saturated rings. The van der Waals surface area contributed by atoms with Crippen LogP contribution in [0, 0.1) is 0 Å². The molecule has 0 heterocycles. The van der Waals surface area contributed by atoms with Crippen LogP contribution in [0.3, 0.4) is 0 Å². The van der Waals surface area contributed by atoms with Gasteiger partial charge in [-0.1, -0.05) is 63.7 Å². The van der Waals surface area contributed by atoms with Gasteiger partial charge in [-0.3, -0.25) is 0 Å². The molecule has 1 aromatic rings. The highest BCUT2D eigenvalue weighted by molar-refractivity contribution is 7.88. The Bertz CT molecular complexity index is 1860. The van der Waals surface area contributed by atoms with Gasteiger partial charge >= 0.3 is 10.8 Å². The highest BCUT2D eigenvalue weighted by Crippen LogP contribution is 2.23. The summed E-state index contributed by atoms with van der Waals surface area (Å²) in [6.45, 7) is 27.5. The summed E-state index contributed by atoms with van der Waals surface area (Å²) in [4.78, 5) is 0. The zero-order valence-corrected chi connectivity index (χ0v) is 62.9. The van der Waals surface area contributed by atoms with E-state index in [1.807, 2.05) is 6.92 Å². The molecule has 0 bridgehead atoms. The first-order chi connectivity index (χ1) is 50.5. The van der Waals surface area contributed by atoms with E-state index in [9.17, 15) is 8.76 Å². The van der Waals surface area contributed by atoms with Gasteiger partial charge in [0.05, 0.1) is 330 Å². The van der Waals surface area contributed by atoms with Gasteiger partial charge in [-0.25, -0.2) is 0 Å². The molecular formula is C70H133NO30S+. The number of aryl methyl sites for hydroxylation is 1. The molecule has 1 radical (unpaired) electrons. The fraction of sp³-hybridized carbons (Fsp3) is 0.886. The van der Waals surface area contributed by atoms with Crippen molar-refractivity contribution >= 4 is 16.9 Å². The maximum absolute atomic E-state index is 10.9. The minimum absolute atomic E-state index is 0.0518. The second kappa shape index (κ2) is 84.4. The third kappa shape index (κ3) is 77.4. The minimum atomic E-state index is -4.16. The SMILES string of the molecule is C/C=C/c1cc(CCCCCCCCC)ccc1OCCOCCOCCOCCOCCOCCOCCOCCOCCOCCOCCOCCOCCOCCOCCOCCOCCOCCOCCOCCOCCOCCOCCOCCOCCOCCO[S+]([O])(=O)ON. The van der Waals surface area contributed by atoms with Gasteiger partial charge in [-0.05, 0) is 41.7 Å². The number of allylic oxidation sites excluding steroid dienone is 1. The summed E-state index contributed by atoms with van der Waals surface area (Å²) in [5.74, 6) is 5.43. The minimum Gasteiger partial charge on any atom is -0.491 e. The average molecular weight is 1500 g/mol. The number of hydrogen-bond donors (Lipinski definition) is 1. The normalized spacial score (nSPS) is 12.5. The van der Waals surface area contributed by atoms with Crippen LogP contribution in [0.1, 0.15) is 69.9 Å². The Balaban J connectivity index is 1.63. The summed E-state index contributed by atoms with van der Waals surface area (Å²) in [6.07, 6.45) is 14.5. The summed E-state index contributed by atoms with van der Waals surface area (Å²) in [6, 6.07) is 6.53. The van der Waals surface area contributed by atoms with E-state index in [1.165, 1.54) is 50.5 Å². The molecule has 1 rings (SSSR count). The third-order valence-electron chi connectivity index (χ3n) is 13.5. The fourth-order valence-corrected chi connectivity index (χ4v) is 8.62. The van der Waals surface area contributed by atoms with Crippen LogP contribution in [-0.2, 0) is 153 Å². The van der Waals surface area contributed by atoms with E-state index >= 15 is 0 Å². The predicted molar refractivity (Wildman–Crippen MR) is 379 cm³/mol. The van der Waals surface area contributed by atoms with E-state index in [2.05, 4.69) is 51.6 Å². The molecule has 0 spiro atoms. The first kappa shape index (κ1) is 97.8. The molecule has 1 aromatic carbocycles. The number of unbranched alkanes of at least 4 members (excludes halogenated alkanes) is 6. The van der Waals surface area contributed by atoms with Crippen LogP contribution in [0.2, 0.25) is 0 Å². The van der Waals surface area contributed by atoms with Crippen molar-refractivity contribution in [1.29, 1.82) is 0 Å². The van der Waals surface area contributed by atoms with Crippen LogP contribution in [-0.4, -0.2) is 344 Å². The van der Waals surface area contributed by atoms with Crippen molar-refractivity contribution in [2.24, 2.45) is 5.90 Å². The Morgan fingerprint density at radius 1 is 0.294 bits per heavy atom. The fourth-order valence-electron chi connectivity index (χ4n) is 8.29. The van der Waals surface area contributed by atoms with Gasteiger partial charge in [-0.2, -0.15) is 5.90 Å². The maximum Gasteiger partial charge on any atom is 0.564 e. The molecule has 0 saturated carbocycles. The molecule has 0 aliphatic rings. The van der Waals surface area contributed by atoms with Crippen LogP contribution in [0.25, 0.3) is 6.08 Å². The molecule has 1 atom stereocenters. The van der Waals surface area contributed by atoms with Crippen molar-refractivity contribution in [1.82, 2.24) is 0 Å². The van der Waals surface area contributed by atoms with E-state index in [1.54, 1.807) is 0 Å². The molecule has 603 valence electrons. The molecule has 32 heteroatoms. The van der Waals surface area contributed by atoms with Crippen LogP contribution in [0.4, 0.5) is 0 Å². The van der Waals surface area contributed by atoms with Crippen molar-refractivity contribution in [2.45, 2.75) is 65.2 Å². The standard InChI is InChI=1S/C70H133NO30S/c1-3-5-6-7-8-9-10-12-68-13-14-70(69(67-68)11-4-2)99-65-63-97-61-59-95-57-55-93-53-51-91-49-47-89-45-43-87-41-39-85-37-35-83-33-31-81-29-27-79-25-23-77-21-19-75-17-15-74-16-18-76-20-22-78-24-26-80-28-30-82-32-34-84-36-38-86-40-42-88-44-46-90-48-50-92-52-54-94-56-58-96-60-62-98-64-66-100-102(72,73)101-71/h4,11,13-14,67H,3,5-10,12,15-66,71H2,1-2H3/q+1/b11-4+. The molecular weight excluding hydrogens is 1370 g/mol. The Morgan fingerprint density at radius 2 is 0.500 bits per heavy atom. The Labute approximate surface area is 610 Å². The maximum atomic E-state index is 10.9. The van der Waals surface area contributed by atoms with Crippen LogP contribution in [0.5, 0.6) is 5.75 Å². The van der Waals surface area contributed by atoms with Crippen molar-refractivity contribution in [3.05, 3.63) is 35.4 Å². The van der Waals surface area contributed by atoms with Gasteiger partial charge < -0.3 is 123 Å². The van der Waals surface area contributed by atoms with E-state index in [-0.39, 0.29) is 19.8 Å². The van der Waals surface area contributed by atoms with Crippen molar-refractivity contribution in [3.8, 4) is 5.75 Å². The quantitative estimate of drug-likeness (QED) is 0.0485. The molecule has 0 aromatic heterocycles. The molecule has 0 aliphatic carbocycles. The van der Waals surface area contributed by atoms with E-state index in [0.717, 1.165) is 17.7 Å². The molecule has 0 saturated heterocycles. The Hall–Kier alpha value is -2.25. The lowest BCUT2D eigenvalue weighted by Crippen LogP contribution is -2.22. The number of ether oxygens (including phenoxy) is 26. The predicted octanol–water partition coefficient (Wildman–Crippen LogP) is 5.39. The number of hydrogen-bond acceptors (Lipinski definition) is 30. The first-order valence-electron chi connectivity index (χ1n) is 36.6.